The van der Waals surface area contributed by atoms with E-state index in [1.54, 1.807) is 13.0 Å². The zero-order valence-electron chi connectivity index (χ0n) is 15.1. The van der Waals surface area contributed by atoms with E-state index in [0.717, 1.165) is 6.54 Å². The standard InChI is InChI=1S/C18H23N3O3S2/c1-4-26(23,24)14-6-5-13(19-10-14)9-21-18(22)15-7-12-8-20-16(11(2)3)17(12)25-15/h5-7,10-11,16,20H,4,8-9H2,1-3H3,(H,21,22). The number of amides is 1. The van der Waals surface area contributed by atoms with Crippen LogP contribution in [0.25, 0.3) is 0 Å². The van der Waals surface area contributed by atoms with E-state index < -0.39 is 9.84 Å². The lowest BCUT2D eigenvalue weighted by Crippen LogP contribution is -2.23. The molecule has 2 aromatic rings. The fraction of sp³-hybridized carbons (Fsp3) is 0.444. The minimum Gasteiger partial charge on any atom is -0.346 e. The molecule has 8 heteroatoms. The summed E-state index contributed by atoms with van der Waals surface area (Å²) in [5.41, 5.74) is 1.82. The Kier molecular flexibility index (Phi) is 5.45. The predicted molar refractivity (Wildman–Crippen MR) is 102 cm³/mol. The molecule has 2 aromatic heterocycles. The van der Waals surface area contributed by atoms with Crippen molar-refractivity contribution in [1.82, 2.24) is 15.6 Å². The molecule has 6 nitrogen and oxygen atoms in total. The maximum Gasteiger partial charge on any atom is 0.261 e. The Morgan fingerprint density at radius 1 is 1.42 bits per heavy atom. The molecule has 26 heavy (non-hydrogen) atoms. The minimum atomic E-state index is -3.25. The monoisotopic (exact) mass is 393 g/mol. The highest BCUT2D eigenvalue weighted by Crippen LogP contribution is 2.37. The first-order valence-electron chi connectivity index (χ1n) is 8.63. The van der Waals surface area contributed by atoms with Crippen molar-refractivity contribution < 1.29 is 13.2 Å². The summed E-state index contributed by atoms with van der Waals surface area (Å²) >= 11 is 1.54. The van der Waals surface area contributed by atoms with E-state index in [-0.39, 0.29) is 23.1 Å². The molecular formula is C18H23N3O3S2. The van der Waals surface area contributed by atoms with Crippen LogP contribution in [0.2, 0.25) is 0 Å². The van der Waals surface area contributed by atoms with Crippen molar-refractivity contribution in [2.75, 3.05) is 5.75 Å². The fourth-order valence-electron chi connectivity index (χ4n) is 2.93. The van der Waals surface area contributed by atoms with Crippen LogP contribution in [0.1, 0.15) is 52.6 Å². The first-order valence-corrected chi connectivity index (χ1v) is 11.1. The topological polar surface area (TPSA) is 88.2 Å². The van der Waals surface area contributed by atoms with Gasteiger partial charge in [0.05, 0.1) is 27.8 Å². The van der Waals surface area contributed by atoms with Crippen molar-refractivity contribution in [1.29, 1.82) is 0 Å². The highest BCUT2D eigenvalue weighted by molar-refractivity contribution is 7.91. The van der Waals surface area contributed by atoms with Gasteiger partial charge in [-0.3, -0.25) is 9.78 Å². The summed E-state index contributed by atoms with van der Waals surface area (Å²) in [6.45, 7) is 7.00. The third-order valence-electron chi connectivity index (χ3n) is 4.49. The van der Waals surface area contributed by atoms with Gasteiger partial charge in [-0.2, -0.15) is 0 Å². The van der Waals surface area contributed by atoms with E-state index in [0.29, 0.717) is 22.5 Å². The van der Waals surface area contributed by atoms with Crippen LogP contribution in [0.4, 0.5) is 0 Å². The summed E-state index contributed by atoms with van der Waals surface area (Å²) in [7, 11) is -3.25. The molecule has 0 aromatic carbocycles. The lowest BCUT2D eigenvalue weighted by Gasteiger charge is -2.14. The Bertz CT molecular complexity index is 902. The molecule has 0 saturated heterocycles. The molecule has 3 rings (SSSR count). The highest BCUT2D eigenvalue weighted by atomic mass is 32.2. The molecule has 1 unspecified atom stereocenters. The van der Waals surface area contributed by atoms with E-state index in [9.17, 15) is 13.2 Å². The van der Waals surface area contributed by atoms with E-state index >= 15 is 0 Å². The molecule has 1 atom stereocenters. The number of rotatable bonds is 6. The van der Waals surface area contributed by atoms with Gasteiger partial charge in [-0.1, -0.05) is 20.8 Å². The SMILES string of the molecule is CCS(=O)(=O)c1ccc(CNC(=O)c2cc3c(s2)C(C(C)C)NC3)nc1. The van der Waals surface area contributed by atoms with E-state index in [2.05, 4.69) is 29.5 Å². The molecule has 2 N–H and O–H groups in total. The highest BCUT2D eigenvalue weighted by Gasteiger charge is 2.28. The van der Waals surface area contributed by atoms with E-state index in [1.165, 1.54) is 34.0 Å². The van der Waals surface area contributed by atoms with Gasteiger partial charge < -0.3 is 10.6 Å². The molecule has 0 radical (unpaired) electrons. The van der Waals surface area contributed by atoms with Crippen LogP contribution in [-0.2, 0) is 22.9 Å². The molecule has 140 valence electrons. The van der Waals surface area contributed by atoms with Gasteiger partial charge in [0, 0.05) is 23.7 Å². The number of thiophene rings is 1. The van der Waals surface area contributed by atoms with Crippen LogP contribution >= 0.6 is 11.3 Å². The number of nitrogens with zero attached hydrogens (tertiary/aromatic N) is 1. The minimum absolute atomic E-state index is 0.0417. The fourth-order valence-corrected chi connectivity index (χ4v) is 5.10. The van der Waals surface area contributed by atoms with Gasteiger partial charge >= 0.3 is 0 Å². The zero-order valence-corrected chi connectivity index (χ0v) is 16.7. The molecular weight excluding hydrogens is 370 g/mol. The third kappa shape index (κ3) is 3.82. The second-order valence-corrected chi connectivity index (χ2v) is 10.0. The quantitative estimate of drug-likeness (QED) is 0.788. The molecule has 1 aliphatic rings. The number of carbonyl (C=O) groups excluding carboxylic acids is 1. The van der Waals surface area contributed by atoms with Crippen molar-refractivity contribution in [3.8, 4) is 0 Å². The normalized spacial score (nSPS) is 16.7. The maximum atomic E-state index is 12.4. The van der Waals surface area contributed by atoms with Gasteiger partial charge in [-0.15, -0.1) is 11.3 Å². The number of fused-ring (bicyclic) bond motifs is 1. The maximum absolute atomic E-state index is 12.4. The van der Waals surface area contributed by atoms with E-state index in [1.807, 2.05) is 6.07 Å². The van der Waals surface area contributed by atoms with Crippen LogP contribution in [0.5, 0.6) is 0 Å². The van der Waals surface area contributed by atoms with Crippen molar-refractivity contribution >= 4 is 27.1 Å². The first-order chi connectivity index (χ1) is 12.3. The third-order valence-corrected chi connectivity index (χ3v) is 7.47. The van der Waals surface area contributed by atoms with Crippen LogP contribution in [-0.4, -0.2) is 25.1 Å². The Morgan fingerprint density at radius 2 is 2.19 bits per heavy atom. The Labute approximate surface area is 158 Å². The number of pyridine rings is 1. The van der Waals surface area contributed by atoms with Crippen molar-refractivity contribution in [3.05, 3.63) is 45.4 Å². The summed E-state index contributed by atoms with van der Waals surface area (Å²) in [5, 5.41) is 6.33. The first kappa shape index (κ1) is 19.0. The lowest BCUT2D eigenvalue weighted by atomic mass is 10.0. The lowest BCUT2D eigenvalue weighted by molar-refractivity contribution is 0.0954. The number of nitrogens with one attached hydrogen (secondary N) is 2. The Hall–Kier alpha value is -1.77. The van der Waals surface area contributed by atoms with Gasteiger partial charge in [-0.25, -0.2) is 8.42 Å². The Morgan fingerprint density at radius 3 is 2.81 bits per heavy atom. The smallest absolute Gasteiger partial charge is 0.261 e. The summed E-state index contributed by atoms with van der Waals surface area (Å²) < 4.78 is 23.6. The van der Waals surface area contributed by atoms with Crippen molar-refractivity contribution in [3.63, 3.8) is 0 Å². The zero-order chi connectivity index (χ0) is 18.9. The molecule has 0 aliphatic carbocycles. The van der Waals surface area contributed by atoms with Crippen LogP contribution < -0.4 is 10.6 Å². The van der Waals surface area contributed by atoms with Crippen molar-refractivity contribution in [2.24, 2.45) is 5.92 Å². The summed E-state index contributed by atoms with van der Waals surface area (Å²) in [5.74, 6) is 0.395. The van der Waals surface area contributed by atoms with Gasteiger partial charge in [0.1, 0.15) is 0 Å². The average Bonchev–Trinajstić information content (AvgIpc) is 3.20. The second-order valence-electron chi connectivity index (χ2n) is 6.67. The van der Waals surface area contributed by atoms with Crippen LogP contribution in [0, 0.1) is 5.92 Å². The molecule has 1 aliphatic heterocycles. The number of carbonyl (C=O) groups is 1. The number of hydrogen-bond donors (Lipinski definition) is 2. The van der Waals surface area contributed by atoms with Crippen LogP contribution in [0.3, 0.4) is 0 Å². The summed E-state index contributed by atoms with van der Waals surface area (Å²) in [6, 6.07) is 5.43. The number of hydrogen-bond acceptors (Lipinski definition) is 6. The predicted octanol–water partition coefficient (Wildman–Crippen LogP) is 2.67. The second kappa shape index (κ2) is 7.46. The van der Waals surface area contributed by atoms with Crippen LogP contribution in [0.15, 0.2) is 29.3 Å². The van der Waals surface area contributed by atoms with Gasteiger partial charge in [0.2, 0.25) is 0 Å². The molecule has 1 amide bonds. The molecule has 0 saturated carbocycles. The van der Waals surface area contributed by atoms with E-state index in [4.69, 9.17) is 0 Å². The largest absolute Gasteiger partial charge is 0.346 e. The molecule has 0 fully saturated rings. The van der Waals surface area contributed by atoms with Gasteiger partial charge in [0.25, 0.3) is 5.91 Å². The van der Waals surface area contributed by atoms with Gasteiger partial charge in [0.15, 0.2) is 9.84 Å². The Balaban J connectivity index is 1.64. The van der Waals surface area contributed by atoms with Crippen molar-refractivity contribution in [2.45, 2.75) is 44.8 Å². The molecule has 0 spiro atoms. The number of aromatic nitrogens is 1. The number of sulfone groups is 1. The van der Waals surface area contributed by atoms with Gasteiger partial charge in [-0.05, 0) is 29.7 Å². The average molecular weight is 394 g/mol. The molecule has 0 bridgehead atoms. The molecule has 3 heterocycles. The summed E-state index contributed by atoms with van der Waals surface area (Å²) in [4.78, 5) is 18.7. The summed E-state index contributed by atoms with van der Waals surface area (Å²) in [6.07, 6.45) is 1.35.